The van der Waals surface area contributed by atoms with E-state index in [2.05, 4.69) is 15.5 Å². The number of nitrogens with zero attached hydrogens (tertiary/aromatic N) is 4. The molecular formula is C11H18N4O3S. The summed E-state index contributed by atoms with van der Waals surface area (Å²) in [7, 11) is 0. The third kappa shape index (κ3) is 2.91. The topological polar surface area (TPSA) is 82.3 Å². The molecule has 2 aliphatic rings. The number of ether oxygens (including phenoxy) is 2. The number of aliphatic hydroxyl groups excluding tert-OH is 1. The molecule has 106 valence electrons. The molecule has 2 atom stereocenters. The maximum atomic E-state index is 8.97. The maximum absolute atomic E-state index is 8.97. The van der Waals surface area contributed by atoms with Gasteiger partial charge in [-0.15, -0.1) is 5.10 Å². The first-order valence-corrected chi connectivity index (χ1v) is 7.45. The van der Waals surface area contributed by atoms with Crippen LogP contribution in [-0.4, -0.2) is 62.6 Å². The van der Waals surface area contributed by atoms with E-state index in [1.807, 2.05) is 0 Å². The molecule has 1 N–H and O–H groups in total. The minimum Gasteiger partial charge on any atom is -0.394 e. The Balaban J connectivity index is 1.64. The average molecular weight is 286 g/mol. The Hall–Kier alpha value is -0.700. The Morgan fingerprint density at radius 1 is 1.47 bits per heavy atom. The average Bonchev–Trinajstić information content (AvgIpc) is 3.01. The molecule has 2 saturated heterocycles. The van der Waals surface area contributed by atoms with Crippen molar-refractivity contribution in [2.75, 3.05) is 26.4 Å². The summed E-state index contributed by atoms with van der Waals surface area (Å²) in [4.78, 5) is 0. The minimum atomic E-state index is -0.0921. The Labute approximate surface area is 115 Å². The Morgan fingerprint density at radius 3 is 3.21 bits per heavy atom. The van der Waals surface area contributed by atoms with Crippen LogP contribution in [-0.2, 0) is 16.0 Å². The quantitative estimate of drug-likeness (QED) is 0.840. The van der Waals surface area contributed by atoms with Crippen molar-refractivity contribution in [1.29, 1.82) is 0 Å². The highest BCUT2D eigenvalue weighted by Gasteiger charge is 2.41. The number of hydrogen-bond donors (Lipinski definition) is 1. The molecule has 1 aromatic rings. The molecule has 1 aromatic heterocycles. The van der Waals surface area contributed by atoms with Crippen LogP contribution >= 0.6 is 11.8 Å². The zero-order valence-corrected chi connectivity index (χ0v) is 11.5. The number of aromatic nitrogens is 4. The second kappa shape index (κ2) is 5.74. The lowest BCUT2D eigenvalue weighted by atomic mass is 9.93. The molecule has 2 fully saturated rings. The summed E-state index contributed by atoms with van der Waals surface area (Å²) < 4.78 is 13.0. The van der Waals surface area contributed by atoms with E-state index >= 15 is 0 Å². The smallest absolute Gasteiger partial charge is 0.209 e. The predicted molar refractivity (Wildman–Crippen MR) is 67.9 cm³/mol. The molecule has 2 aliphatic heterocycles. The standard InChI is InChI=1S/C11H18N4O3S/c16-4-3-15-10(12-13-14-15)19-9-1-5-18-11(7-9)2-6-17-8-11/h9,16H,1-8H2. The van der Waals surface area contributed by atoms with Gasteiger partial charge in [0.2, 0.25) is 5.16 Å². The third-order valence-corrected chi connectivity index (χ3v) is 4.84. The van der Waals surface area contributed by atoms with Gasteiger partial charge in [-0.1, -0.05) is 11.8 Å². The van der Waals surface area contributed by atoms with Gasteiger partial charge in [0, 0.05) is 24.9 Å². The van der Waals surface area contributed by atoms with Crippen molar-refractivity contribution in [2.45, 2.75) is 41.8 Å². The Morgan fingerprint density at radius 2 is 2.42 bits per heavy atom. The number of tetrazole rings is 1. The van der Waals surface area contributed by atoms with Crippen LogP contribution in [0.5, 0.6) is 0 Å². The van der Waals surface area contributed by atoms with E-state index in [4.69, 9.17) is 14.6 Å². The molecule has 7 nitrogen and oxygen atoms in total. The predicted octanol–water partition coefficient (Wildman–Crippen LogP) is 0.0956. The molecule has 3 rings (SSSR count). The molecule has 0 amide bonds. The van der Waals surface area contributed by atoms with E-state index < -0.39 is 0 Å². The van der Waals surface area contributed by atoms with E-state index in [0.29, 0.717) is 18.4 Å². The molecular weight excluding hydrogens is 268 g/mol. The van der Waals surface area contributed by atoms with Gasteiger partial charge in [-0.2, -0.15) is 0 Å². The second-order valence-corrected chi connectivity index (χ2v) is 6.24. The van der Waals surface area contributed by atoms with E-state index in [-0.39, 0.29) is 12.2 Å². The number of hydrogen-bond acceptors (Lipinski definition) is 7. The van der Waals surface area contributed by atoms with Crippen LogP contribution in [0.1, 0.15) is 19.3 Å². The summed E-state index contributed by atoms with van der Waals surface area (Å²) in [5.41, 5.74) is -0.0921. The molecule has 3 heterocycles. The fourth-order valence-electron chi connectivity index (χ4n) is 2.61. The van der Waals surface area contributed by atoms with Crippen molar-refractivity contribution in [3.8, 4) is 0 Å². The second-order valence-electron chi connectivity index (χ2n) is 4.97. The van der Waals surface area contributed by atoms with Crippen molar-refractivity contribution in [3.63, 3.8) is 0 Å². The van der Waals surface area contributed by atoms with Crippen molar-refractivity contribution >= 4 is 11.8 Å². The van der Waals surface area contributed by atoms with Crippen molar-refractivity contribution in [3.05, 3.63) is 0 Å². The van der Waals surface area contributed by atoms with Crippen LogP contribution in [0.25, 0.3) is 0 Å². The first kappa shape index (κ1) is 13.3. The Kier molecular flexibility index (Phi) is 4.01. The van der Waals surface area contributed by atoms with Gasteiger partial charge in [0.15, 0.2) is 0 Å². The van der Waals surface area contributed by atoms with Gasteiger partial charge in [-0.3, -0.25) is 0 Å². The van der Waals surface area contributed by atoms with E-state index in [0.717, 1.165) is 37.6 Å². The van der Waals surface area contributed by atoms with E-state index in [9.17, 15) is 0 Å². The molecule has 0 saturated carbocycles. The normalized spacial score (nSPS) is 31.1. The van der Waals surface area contributed by atoms with E-state index in [1.165, 1.54) is 0 Å². The molecule has 1 spiro atoms. The summed E-state index contributed by atoms with van der Waals surface area (Å²) in [6.07, 6.45) is 2.95. The van der Waals surface area contributed by atoms with E-state index in [1.54, 1.807) is 16.4 Å². The molecule has 0 aromatic carbocycles. The monoisotopic (exact) mass is 286 g/mol. The third-order valence-electron chi connectivity index (χ3n) is 3.60. The molecule has 0 bridgehead atoms. The first-order chi connectivity index (χ1) is 9.31. The largest absolute Gasteiger partial charge is 0.394 e. The fraction of sp³-hybridized carbons (Fsp3) is 0.909. The molecule has 2 unspecified atom stereocenters. The molecule has 19 heavy (non-hydrogen) atoms. The summed E-state index contributed by atoms with van der Waals surface area (Å²) in [5, 5.41) is 21.8. The lowest BCUT2D eigenvalue weighted by molar-refractivity contribution is -0.0770. The fourth-order valence-corrected chi connectivity index (χ4v) is 3.84. The molecule has 0 radical (unpaired) electrons. The van der Waals surface area contributed by atoms with Gasteiger partial charge < -0.3 is 14.6 Å². The van der Waals surface area contributed by atoms with Crippen LogP contribution in [0.2, 0.25) is 0 Å². The highest BCUT2D eigenvalue weighted by Crippen LogP contribution is 2.39. The number of rotatable bonds is 4. The zero-order valence-electron chi connectivity index (χ0n) is 10.7. The van der Waals surface area contributed by atoms with Crippen molar-refractivity contribution in [2.24, 2.45) is 0 Å². The van der Waals surface area contributed by atoms with Gasteiger partial charge in [0.25, 0.3) is 0 Å². The van der Waals surface area contributed by atoms with Crippen LogP contribution in [0.15, 0.2) is 5.16 Å². The lowest BCUT2D eigenvalue weighted by Gasteiger charge is -2.36. The molecule has 8 heteroatoms. The maximum Gasteiger partial charge on any atom is 0.209 e. The van der Waals surface area contributed by atoms with Crippen LogP contribution in [0.3, 0.4) is 0 Å². The first-order valence-electron chi connectivity index (χ1n) is 6.57. The summed E-state index contributed by atoms with van der Waals surface area (Å²) >= 11 is 1.68. The zero-order chi connectivity index (χ0) is 13.1. The number of aliphatic hydroxyl groups is 1. The SMILES string of the molecule is OCCn1nnnc1SC1CCOC2(CCOC2)C1. The molecule has 0 aliphatic carbocycles. The van der Waals surface area contributed by atoms with Gasteiger partial charge in [0.1, 0.15) is 0 Å². The number of thioether (sulfide) groups is 1. The summed E-state index contributed by atoms with van der Waals surface area (Å²) in [5.74, 6) is 0. The highest BCUT2D eigenvalue weighted by atomic mass is 32.2. The van der Waals surface area contributed by atoms with Crippen LogP contribution in [0, 0.1) is 0 Å². The van der Waals surface area contributed by atoms with Gasteiger partial charge in [-0.25, -0.2) is 4.68 Å². The van der Waals surface area contributed by atoms with Gasteiger partial charge >= 0.3 is 0 Å². The van der Waals surface area contributed by atoms with Crippen LogP contribution in [0.4, 0.5) is 0 Å². The Bertz CT molecular complexity index is 422. The van der Waals surface area contributed by atoms with Crippen molar-refractivity contribution in [1.82, 2.24) is 20.2 Å². The minimum absolute atomic E-state index is 0.0458. The van der Waals surface area contributed by atoms with Gasteiger partial charge in [-0.05, 0) is 23.3 Å². The lowest BCUT2D eigenvalue weighted by Crippen LogP contribution is -2.41. The van der Waals surface area contributed by atoms with Gasteiger partial charge in [0.05, 0.1) is 25.4 Å². The highest BCUT2D eigenvalue weighted by molar-refractivity contribution is 7.99. The van der Waals surface area contributed by atoms with Crippen LogP contribution < -0.4 is 0 Å². The van der Waals surface area contributed by atoms with Crippen molar-refractivity contribution < 1.29 is 14.6 Å². The summed E-state index contributed by atoms with van der Waals surface area (Å²) in [6.45, 7) is 2.74. The summed E-state index contributed by atoms with van der Waals surface area (Å²) in [6, 6.07) is 0.